The van der Waals surface area contributed by atoms with Crippen molar-refractivity contribution in [2.45, 2.75) is 37.8 Å². The van der Waals surface area contributed by atoms with Crippen molar-refractivity contribution in [2.75, 3.05) is 13.1 Å². The van der Waals surface area contributed by atoms with Crippen LogP contribution in [-0.2, 0) is 4.79 Å². The first kappa shape index (κ1) is 9.93. The number of carboxylic acid groups (broad SMARTS) is 1. The lowest BCUT2D eigenvalue weighted by Gasteiger charge is -2.44. The summed E-state index contributed by atoms with van der Waals surface area (Å²) in [6, 6.07) is 0.469. The molecule has 1 heterocycles. The van der Waals surface area contributed by atoms with Gasteiger partial charge < -0.3 is 15.7 Å². The van der Waals surface area contributed by atoms with E-state index >= 15 is 0 Å². The molecule has 0 aromatic rings. The molecule has 3 N–H and O–H groups in total. The van der Waals surface area contributed by atoms with Crippen LogP contribution in [0.3, 0.4) is 0 Å². The van der Waals surface area contributed by atoms with E-state index in [9.17, 15) is 4.79 Å². The lowest BCUT2D eigenvalue weighted by molar-refractivity contribution is -0.139. The summed E-state index contributed by atoms with van der Waals surface area (Å²) in [6.45, 7) is 3.74. The van der Waals surface area contributed by atoms with E-state index in [1.807, 2.05) is 0 Å². The summed E-state index contributed by atoms with van der Waals surface area (Å²) in [5.74, 6) is 0.0725. The number of carboxylic acids is 1. The molecule has 2 rings (SSSR count). The van der Waals surface area contributed by atoms with E-state index in [2.05, 4.69) is 17.6 Å². The maximum Gasteiger partial charge on any atom is 0.305 e. The summed E-state index contributed by atoms with van der Waals surface area (Å²) in [6.07, 6.45) is 2.83. The standard InChI is InChI=1S/C10H18N2O2/c1-7(8-2-3-8)12-10(4-9(13)14)5-11-6-10/h7-8,11-12H,2-6H2,1H3,(H,13,14). The van der Waals surface area contributed by atoms with Gasteiger partial charge in [0.05, 0.1) is 12.0 Å². The van der Waals surface area contributed by atoms with Gasteiger partial charge in [0.1, 0.15) is 0 Å². The van der Waals surface area contributed by atoms with E-state index in [1.54, 1.807) is 0 Å². The minimum absolute atomic E-state index is 0.173. The summed E-state index contributed by atoms with van der Waals surface area (Å²) in [5, 5.41) is 15.4. The SMILES string of the molecule is CC(NC1(CC(=O)O)CNC1)C1CC1. The van der Waals surface area contributed by atoms with Gasteiger partial charge in [-0.15, -0.1) is 0 Å². The van der Waals surface area contributed by atoms with Crippen molar-refractivity contribution in [1.29, 1.82) is 0 Å². The van der Waals surface area contributed by atoms with Gasteiger partial charge in [-0.3, -0.25) is 4.79 Å². The van der Waals surface area contributed by atoms with E-state index in [1.165, 1.54) is 12.8 Å². The first-order valence-corrected chi connectivity index (χ1v) is 5.31. The van der Waals surface area contributed by atoms with Gasteiger partial charge in [0, 0.05) is 19.1 Å². The number of aliphatic carboxylic acids is 1. The molecule has 2 aliphatic rings. The van der Waals surface area contributed by atoms with Gasteiger partial charge in [-0.25, -0.2) is 0 Å². The number of rotatable bonds is 5. The Labute approximate surface area is 84.1 Å². The largest absolute Gasteiger partial charge is 0.481 e. The second-order valence-electron chi connectivity index (χ2n) is 4.72. The van der Waals surface area contributed by atoms with E-state index in [-0.39, 0.29) is 12.0 Å². The monoisotopic (exact) mass is 198 g/mol. The molecule has 4 heteroatoms. The molecule has 2 fully saturated rings. The zero-order valence-electron chi connectivity index (χ0n) is 8.55. The highest BCUT2D eigenvalue weighted by Gasteiger charge is 2.42. The average Bonchev–Trinajstić information content (AvgIpc) is 2.80. The quantitative estimate of drug-likeness (QED) is 0.590. The minimum atomic E-state index is -0.706. The van der Waals surface area contributed by atoms with Crippen LogP contribution in [0.5, 0.6) is 0 Å². The Morgan fingerprint density at radius 3 is 2.64 bits per heavy atom. The van der Waals surface area contributed by atoms with Crippen LogP contribution in [0.1, 0.15) is 26.2 Å². The normalized spacial score (nSPS) is 26.6. The van der Waals surface area contributed by atoms with E-state index in [0.717, 1.165) is 19.0 Å². The fourth-order valence-corrected chi connectivity index (χ4v) is 2.19. The van der Waals surface area contributed by atoms with Gasteiger partial charge in [-0.1, -0.05) is 0 Å². The zero-order valence-corrected chi connectivity index (χ0v) is 8.55. The molecule has 1 saturated heterocycles. The molecule has 0 bridgehead atoms. The fourth-order valence-electron chi connectivity index (χ4n) is 2.19. The van der Waals surface area contributed by atoms with Gasteiger partial charge in [0.15, 0.2) is 0 Å². The van der Waals surface area contributed by atoms with Gasteiger partial charge in [0.2, 0.25) is 0 Å². The summed E-state index contributed by atoms with van der Waals surface area (Å²) in [4.78, 5) is 10.7. The van der Waals surface area contributed by atoms with E-state index < -0.39 is 5.97 Å². The Bertz CT molecular complexity index is 234. The highest BCUT2D eigenvalue weighted by molar-refractivity contribution is 5.68. The molecule has 1 saturated carbocycles. The van der Waals surface area contributed by atoms with Crippen LogP contribution in [0.4, 0.5) is 0 Å². The maximum atomic E-state index is 10.7. The number of nitrogens with one attached hydrogen (secondary N) is 2. The molecule has 1 aliphatic carbocycles. The summed E-state index contributed by atoms with van der Waals surface area (Å²) >= 11 is 0. The molecule has 1 atom stereocenters. The third-order valence-corrected chi connectivity index (χ3v) is 3.28. The van der Waals surface area contributed by atoms with Crippen LogP contribution < -0.4 is 10.6 Å². The van der Waals surface area contributed by atoms with Gasteiger partial charge in [-0.05, 0) is 25.7 Å². The van der Waals surface area contributed by atoms with Crippen molar-refractivity contribution in [3.8, 4) is 0 Å². The summed E-state index contributed by atoms with van der Waals surface area (Å²) in [7, 11) is 0. The lowest BCUT2D eigenvalue weighted by atomic mass is 9.87. The lowest BCUT2D eigenvalue weighted by Crippen LogP contribution is -2.70. The predicted molar refractivity (Wildman–Crippen MR) is 53.2 cm³/mol. The average molecular weight is 198 g/mol. The first-order chi connectivity index (χ1) is 6.61. The van der Waals surface area contributed by atoms with Crippen LogP contribution in [0.2, 0.25) is 0 Å². The van der Waals surface area contributed by atoms with E-state index in [0.29, 0.717) is 6.04 Å². The van der Waals surface area contributed by atoms with Crippen molar-refractivity contribution < 1.29 is 9.90 Å². The predicted octanol–water partition coefficient (Wildman–Crippen LogP) is 0.191. The molecular weight excluding hydrogens is 180 g/mol. The Hall–Kier alpha value is -0.610. The third kappa shape index (κ3) is 2.07. The van der Waals surface area contributed by atoms with Crippen molar-refractivity contribution >= 4 is 5.97 Å². The Morgan fingerprint density at radius 1 is 1.64 bits per heavy atom. The van der Waals surface area contributed by atoms with Crippen LogP contribution in [0.15, 0.2) is 0 Å². The number of hydrogen-bond acceptors (Lipinski definition) is 3. The number of carbonyl (C=O) groups is 1. The summed E-state index contributed by atoms with van der Waals surface area (Å²) in [5.41, 5.74) is -0.173. The van der Waals surface area contributed by atoms with Gasteiger partial charge >= 0.3 is 5.97 Å². The molecule has 0 aromatic heterocycles. The molecule has 1 aliphatic heterocycles. The topological polar surface area (TPSA) is 61.4 Å². The fraction of sp³-hybridized carbons (Fsp3) is 0.900. The third-order valence-electron chi connectivity index (χ3n) is 3.28. The molecule has 1 unspecified atom stereocenters. The Morgan fingerprint density at radius 2 is 2.29 bits per heavy atom. The summed E-state index contributed by atoms with van der Waals surface area (Å²) < 4.78 is 0. The van der Waals surface area contributed by atoms with Crippen molar-refractivity contribution in [3.63, 3.8) is 0 Å². The van der Waals surface area contributed by atoms with Crippen LogP contribution >= 0.6 is 0 Å². The Kier molecular flexibility index (Phi) is 2.49. The van der Waals surface area contributed by atoms with Gasteiger partial charge in [0.25, 0.3) is 0 Å². The molecule has 0 radical (unpaired) electrons. The van der Waals surface area contributed by atoms with Crippen molar-refractivity contribution in [1.82, 2.24) is 10.6 Å². The Balaban J connectivity index is 1.87. The first-order valence-electron chi connectivity index (χ1n) is 5.31. The highest BCUT2D eigenvalue weighted by atomic mass is 16.4. The maximum absolute atomic E-state index is 10.7. The van der Waals surface area contributed by atoms with Gasteiger partial charge in [-0.2, -0.15) is 0 Å². The molecule has 14 heavy (non-hydrogen) atoms. The van der Waals surface area contributed by atoms with Crippen LogP contribution in [0.25, 0.3) is 0 Å². The smallest absolute Gasteiger partial charge is 0.305 e. The second kappa shape index (κ2) is 3.51. The molecule has 0 spiro atoms. The molecule has 4 nitrogen and oxygen atoms in total. The highest BCUT2D eigenvalue weighted by Crippen LogP contribution is 2.34. The number of hydrogen-bond donors (Lipinski definition) is 3. The molecule has 0 amide bonds. The van der Waals surface area contributed by atoms with Crippen molar-refractivity contribution in [3.05, 3.63) is 0 Å². The second-order valence-corrected chi connectivity index (χ2v) is 4.72. The van der Waals surface area contributed by atoms with Crippen molar-refractivity contribution in [2.24, 2.45) is 5.92 Å². The minimum Gasteiger partial charge on any atom is -0.481 e. The zero-order chi connectivity index (χ0) is 10.2. The molecule has 0 aromatic carbocycles. The molecule has 80 valence electrons. The van der Waals surface area contributed by atoms with Crippen LogP contribution in [-0.4, -0.2) is 35.7 Å². The van der Waals surface area contributed by atoms with Crippen LogP contribution in [0, 0.1) is 5.92 Å². The molecular formula is C10H18N2O2. The van der Waals surface area contributed by atoms with E-state index in [4.69, 9.17) is 5.11 Å².